The number of aromatic nitrogens is 1. The van der Waals surface area contributed by atoms with Crippen molar-refractivity contribution in [2.75, 3.05) is 11.6 Å². The van der Waals surface area contributed by atoms with E-state index in [1.807, 2.05) is 12.3 Å². The molecule has 3 nitrogen and oxygen atoms in total. The van der Waals surface area contributed by atoms with Crippen LogP contribution in [0.3, 0.4) is 0 Å². The summed E-state index contributed by atoms with van der Waals surface area (Å²) in [6.45, 7) is 5.26. The third kappa shape index (κ3) is 5.04. The number of aryl methyl sites for hydroxylation is 1. The summed E-state index contributed by atoms with van der Waals surface area (Å²) in [5, 5.41) is 7.85. The van der Waals surface area contributed by atoms with Crippen LogP contribution in [0.5, 0.6) is 0 Å². The predicted octanol–water partition coefficient (Wildman–Crippen LogP) is 6.63. The minimum atomic E-state index is 0.902. The number of halogens is 1. The molecule has 0 fully saturated rings. The maximum Gasteiger partial charge on any atom is 0.207 e. The molecule has 1 aromatic heterocycles. The molecule has 0 aliphatic heterocycles. The Hall–Kier alpha value is -1.47. The van der Waals surface area contributed by atoms with E-state index < -0.39 is 0 Å². The number of hydrazone groups is 1. The lowest BCUT2D eigenvalue weighted by Crippen LogP contribution is -2.18. The number of hydrogen-bond donors (Lipinski definition) is 0. The van der Waals surface area contributed by atoms with E-state index in [2.05, 4.69) is 77.8 Å². The van der Waals surface area contributed by atoms with Crippen LogP contribution in [-0.4, -0.2) is 17.7 Å². The highest BCUT2D eigenvalue weighted by molar-refractivity contribution is 14.1. The molecular weight excluding hydrogens is 453 g/mol. The molecule has 0 amide bonds. The fourth-order valence-corrected chi connectivity index (χ4v) is 4.18. The fourth-order valence-electron chi connectivity index (χ4n) is 2.76. The van der Waals surface area contributed by atoms with Crippen molar-refractivity contribution in [1.29, 1.82) is 0 Å². The number of thiazole rings is 1. The molecule has 0 aliphatic carbocycles. The summed E-state index contributed by atoms with van der Waals surface area (Å²) >= 11 is 4.08. The molecular formula is C21H24IN3S. The van der Waals surface area contributed by atoms with Gasteiger partial charge in [0.05, 0.1) is 16.4 Å². The molecule has 0 spiro atoms. The van der Waals surface area contributed by atoms with Crippen LogP contribution in [0.4, 0.5) is 5.13 Å². The zero-order chi connectivity index (χ0) is 18.4. The number of para-hydroxylation sites is 1. The molecule has 3 aromatic rings. The highest BCUT2D eigenvalue weighted by atomic mass is 127. The van der Waals surface area contributed by atoms with Crippen LogP contribution in [-0.2, 0) is 0 Å². The molecule has 0 atom stereocenters. The largest absolute Gasteiger partial charge is 0.239 e. The molecule has 0 saturated heterocycles. The van der Waals surface area contributed by atoms with E-state index >= 15 is 0 Å². The number of anilines is 1. The van der Waals surface area contributed by atoms with Crippen molar-refractivity contribution < 1.29 is 0 Å². The number of nitrogens with zero attached hydrogens (tertiary/aromatic N) is 3. The first-order chi connectivity index (χ1) is 12.7. The van der Waals surface area contributed by atoms with Gasteiger partial charge in [-0.1, -0.05) is 61.3 Å². The van der Waals surface area contributed by atoms with Crippen LogP contribution in [0.15, 0.2) is 47.6 Å². The van der Waals surface area contributed by atoms with Gasteiger partial charge < -0.3 is 0 Å². The van der Waals surface area contributed by atoms with Gasteiger partial charge in [-0.05, 0) is 60.2 Å². The van der Waals surface area contributed by atoms with Gasteiger partial charge in [0.2, 0.25) is 5.13 Å². The Morgan fingerprint density at radius 3 is 2.81 bits per heavy atom. The summed E-state index contributed by atoms with van der Waals surface area (Å²) in [6.07, 6.45) is 6.85. The summed E-state index contributed by atoms with van der Waals surface area (Å²) in [5.41, 5.74) is 3.46. The van der Waals surface area contributed by atoms with E-state index in [-0.39, 0.29) is 0 Å². The van der Waals surface area contributed by atoms with Crippen LogP contribution in [0, 0.1) is 10.5 Å². The van der Waals surface area contributed by atoms with Crippen molar-refractivity contribution in [1.82, 2.24) is 4.98 Å². The van der Waals surface area contributed by atoms with Gasteiger partial charge in [-0.15, -0.1) is 0 Å². The third-order valence-electron chi connectivity index (χ3n) is 4.21. The zero-order valence-electron chi connectivity index (χ0n) is 15.3. The molecule has 2 aromatic carbocycles. The van der Waals surface area contributed by atoms with Gasteiger partial charge in [-0.25, -0.2) is 9.99 Å². The first-order valence-corrected chi connectivity index (χ1v) is 11.0. The van der Waals surface area contributed by atoms with E-state index in [1.165, 1.54) is 33.1 Å². The molecule has 5 heteroatoms. The number of benzene rings is 2. The molecule has 0 bridgehead atoms. The third-order valence-corrected chi connectivity index (χ3v) is 6.25. The Bertz CT molecular complexity index is 855. The maximum atomic E-state index is 4.81. The summed E-state index contributed by atoms with van der Waals surface area (Å²) < 4.78 is 2.42. The van der Waals surface area contributed by atoms with E-state index in [0.717, 1.165) is 29.2 Å². The standard InChI is InChI=1S/C21H24IN3S/c1-3-4-5-8-13-25(21-24-19-9-6-7-10-20(19)26-21)23-15-17-14-16(2)11-12-18(17)22/h6-7,9-12,14-15H,3-5,8,13H2,1-2H3/b23-15+. The minimum absolute atomic E-state index is 0.902. The second-order valence-electron chi connectivity index (χ2n) is 6.42. The summed E-state index contributed by atoms with van der Waals surface area (Å²) in [6, 6.07) is 14.7. The second-order valence-corrected chi connectivity index (χ2v) is 8.59. The van der Waals surface area contributed by atoms with Crippen molar-refractivity contribution in [2.45, 2.75) is 39.5 Å². The van der Waals surface area contributed by atoms with Gasteiger partial charge in [-0.2, -0.15) is 5.10 Å². The van der Waals surface area contributed by atoms with Crippen molar-refractivity contribution in [3.63, 3.8) is 0 Å². The first kappa shape index (κ1) is 19.3. The Kier molecular flexibility index (Phi) is 7.02. The number of rotatable bonds is 8. The molecule has 136 valence electrons. The van der Waals surface area contributed by atoms with E-state index in [0.29, 0.717) is 0 Å². The lowest BCUT2D eigenvalue weighted by atomic mass is 10.2. The molecule has 1 heterocycles. The second kappa shape index (κ2) is 9.46. The normalized spacial score (nSPS) is 11.5. The van der Waals surface area contributed by atoms with Gasteiger partial charge in [0.25, 0.3) is 0 Å². The van der Waals surface area contributed by atoms with Gasteiger partial charge in [0.1, 0.15) is 0 Å². The lowest BCUT2D eigenvalue weighted by Gasteiger charge is -2.15. The average molecular weight is 477 g/mol. The van der Waals surface area contributed by atoms with Crippen LogP contribution in [0.1, 0.15) is 43.7 Å². The Labute approximate surface area is 173 Å². The van der Waals surface area contributed by atoms with Crippen molar-refractivity contribution in [3.05, 3.63) is 57.2 Å². The molecule has 0 unspecified atom stereocenters. The number of hydrogen-bond acceptors (Lipinski definition) is 4. The molecule has 26 heavy (non-hydrogen) atoms. The van der Waals surface area contributed by atoms with Crippen LogP contribution in [0.2, 0.25) is 0 Å². The average Bonchev–Trinajstić information content (AvgIpc) is 3.07. The fraction of sp³-hybridized carbons (Fsp3) is 0.333. The number of fused-ring (bicyclic) bond motifs is 1. The van der Waals surface area contributed by atoms with Crippen LogP contribution in [0.25, 0.3) is 10.2 Å². The predicted molar refractivity (Wildman–Crippen MR) is 123 cm³/mol. The van der Waals surface area contributed by atoms with Gasteiger partial charge in [0.15, 0.2) is 0 Å². The molecule has 0 radical (unpaired) electrons. The van der Waals surface area contributed by atoms with Crippen molar-refractivity contribution in [2.24, 2.45) is 5.10 Å². The van der Waals surface area contributed by atoms with Crippen molar-refractivity contribution in [3.8, 4) is 0 Å². The Balaban J connectivity index is 1.84. The first-order valence-electron chi connectivity index (χ1n) is 9.10. The van der Waals surface area contributed by atoms with Crippen molar-refractivity contribution >= 4 is 55.5 Å². The highest BCUT2D eigenvalue weighted by Gasteiger charge is 2.11. The summed E-state index contributed by atoms with van der Waals surface area (Å²) in [4.78, 5) is 4.79. The monoisotopic (exact) mass is 477 g/mol. The zero-order valence-corrected chi connectivity index (χ0v) is 18.3. The Morgan fingerprint density at radius 1 is 1.15 bits per heavy atom. The van der Waals surface area contributed by atoms with E-state index in [9.17, 15) is 0 Å². The summed E-state index contributed by atoms with van der Waals surface area (Å²) in [7, 11) is 0. The molecule has 0 N–H and O–H groups in total. The van der Waals surface area contributed by atoms with Crippen LogP contribution < -0.4 is 5.01 Å². The minimum Gasteiger partial charge on any atom is -0.239 e. The van der Waals surface area contributed by atoms with Gasteiger partial charge in [-0.3, -0.25) is 0 Å². The van der Waals surface area contributed by atoms with Crippen LogP contribution >= 0.6 is 33.9 Å². The van der Waals surface area contributed by atoms with Gasteiger partial charge >= 0.3 is 0 Å². The smallest absolute Gasteiger partial charge is 0.207 e. The highest BCUT2D eigenvalue weighted by Crippen LogP contribution is 2.29. The van der Waals surface area contributed by atoms with E-state index in [4.69, 9.17) is 10.1 Å². The molecule has 0 saturated carbocycles. The van der Waals surface area contributed by atoms with E-state index in [1.54, 1.807) is 11.3 Å². The van der Waals surface area contributed by atoms with Gasteiger partial charge in [0, 0.05) is 15.7 Å². The Morgan fingerprint density at radius 2 is 2.00 bits per heavy atom. The topological polar surface area (TPSA) is 28.5 Å². The number of unbranched alkanes of at least 4 members (excludes halogenated alkanes) is 3. The quantitative estimate of drug-likeness (QED) is 0.158. The molecule has 3 rings (SSSR count). The lowest BCUT2D eigenvalue weighted by molar-refractivity contribution is 0.651. The SMILES string of the molecule is CCCCCCN(/N=C/c1cc(C)ccc1I)c1nc2ccccc2s1. The maximum absolute atomic E-state index is 4.81. The summed E-state index contributed by atoms with van der Waals surface area (Å²) in [5.74, 6) is 0. The molecule has 0 aliphatic rings.